The molecule has 0 saturated heterocycles. The summed E-state index contributed by atoms with van der Waals surface area (Å²) in [5.41, 5.74) is -1.18. The van der Waals surface area contributed by atoms with Crippen molar-refractivity contribution in [3.8, 4) is 5.75 Å². The molecule has 0 bridgehead atoms. The Balaban J connectivity index is 2.69. The highest BCUT2D eigenvalue weighted by molar-refractivity contribution is 7.89. The number of carbonyl (C=O) groups excluding carboxylic acids is 1. The van der Waals surface area contributed by atoms with Gasteiger partial charge in [-0.05, 0) is 12.1 Å². The maximum Gasteiger partial charge on any atom is 0.347 e. The van der Waals surface area contributed by atoms with E-state index in [1.165, 1.54) is 32.4 Å². The van der Waals surface area contributed by atoms with Gasteiger partial charge in [-0.2, -0.15) is 0 Å². The molecule has 0 spiro atoms. The lowest BCUT2D eigenvalue weighted by atomic mass is 10.2. The zero-order valence-electron chi connectivity index (χ0n) is 13.4. The minimum Gasteiger partial charge on any atom is -0.505 e. The van der Waals surface area contributed by atoms with Crippen LogP contribution in [-0.2, 0) is 21.3 Å². The van der Waals surface area contributed by atoms with Crippen LogP contribution in [0, 0.1) is 0 Å². The lowest BCUT2D eigenvalue weighted by Gasteiger charge is -2.15. The Morgan fingerprint density at radius 2 is 2.08 bits per heavy atom. The quantitative estimate of drug-likeness (QED) is 0.737. The average molecular weight is 355 g/mol. The topological polar surface area (TPSA) is 119 Å². The third-order valence-corrected chi connectivity index (χ3v) is 5.33. The molecule has 0 saturated carbocycles. The molecule has 2 heterocycles. The van der Waals surface area contributed by atoms with Gasteiger partial charge in [-0.1, -0.05) is 0 Å². The smallest absolute Gasteiger partial charge is 0.347 e. The summed E-state index contributed by atoms with van der Waals surface area (Å²) in [5, 5.41) is 10.2. The van der Waals surface area contributed by atoms with Crippen molar-refractivity contribution < 1.29 is 23.1 Å². The number of ether oxygens (including phenoxy) is 1. The fourth-order valence-electron chi connectivity index (χ4n) is 2.16. The molecular formula is C14H17N3O6S. The molecule has 9 nitrogen and oxygen atoms in total. The van der Waals surface area contributed by atoms with Crippen LogP contribution in [0.1, 0.15) is 10.4 Å². The molecule has 0 unspecified atom stereocenters. The SMILES string of the molecule is COC(=O)c1c(O)c2ncccc2n(CCS(=O)(=O)N(C)C)c1=O. The zero-order valence-corrected chi connectivity index (χ0v) is 14.2. The molecule has 130 valence electrons. The number of methoxy groups -OCH3 is 1. The lowest BCUT2D eigenvalue weighted by molar-refractivity contribution is 0.0595. The van der Waals surface area contributed by atoms with E-state index < -0.39 is 32.9 Å². The van der Waals surface area contributed by atoms with Crippen LogP contribution in [0.5, 0.6) is 5.75 Å². The van der Waals surface area contributed by atoms with Crippen LogP contribution in [-0.4, -0.2) is 60.3 Å². The van der Waals surface area contributed by atoms with Crippen molar-refractivity contribution in [2.75, 3.05) is 27.0 Å². The summed E-state index contributed by atoms with van der Waals surface area (Å²) in [4.78, 5) is 28.3. The van der Waals surface area contributed by atoms with Gasteiger partial charge in [-0.25, -0.2) is 17.5 Å². The lowest BCUT2D eigenvalue weighted by Crippen LogP contribution is -2.33. The normalized spacial score (nSPS) is 11.8. The fraction of sp³-hybridized carbons (Fsp3) is 0.357. The largest absolute Gasteiger partial charge is 0.505 e. The van der Waals surface area contributed by atoms with Crippen molar-refractivity contribution in [2.45, 2.75) is 6.54 Å². The second-order valence-electron chi connectivity index (χ2n) is 5.14. The van der Waals surface area contributed by atoms with E-state index in [4.69, 9.17) is 0 Å². The van der Waals surface area contributed by atoms with E-state index in [-0.39, 0.29) is 23.3 Å². The highest BCUT2D eigenvalue weighted by Gasteiger charge is 2.24. The number of sulfonamides is 1. The van der Waals surface area contributed by atoms with E-state index in [1.54, 1.807) is 0 Å². The van der Waals surface area contributed by atoms with Gasteiger partial charge in [0.15, 0.2) is 11.3 Å². The number of aromatic hydroxyl groups is 1. The van der Waals surface area contributed by atoms with Gasteiger partial charge in [0.05, 0.1) is 18.4 Å². The number of carbonyl (C=O) groups is 1. The minimum absolute atomic E-state index is 0.0137. The molecule has 0 fully saturated rings. The van der Waals surface area contributed by atoms with Crippen LogP contribution in [0.2, 0.25) is 0 Å². The van der Waals surface area contributed by atoms with Crippen molar-refractivity contribution in [3.63, 3.8) is 0 Å². The standard InChI is InChI=1S/C14H17N3O6S/c1-16(2)24(21,22)8-7-17-9-5-4-6-15-11(9)12(18)10(13(17)19)14(20)23-3/h4-6,18H,7-8H2,1-3H3. The summed E-state index contributed by atoms with van der Waals surface area (Å²) in [6, 6.07) is 3.04. The second-order valence-corrected chi connectivity index (χ2v) is 7.44. The van der Waals surface area contributed by atoms with Crippen molar-refractivity contribution in [3.05, 3.63) is 34.2 Å². The van der Waals surface area contributed by atoms with E-state index in [0.29, 0.717) is 0 Å². The first-order chi connectivity index (χ1) is 11.2. The Labute approximate surface area is 138 Å². The van der Waals surface area contributed by atoms with Gasteiger partial charge in [0.2, 0.25) is 10.0 Å². The molecule has 0 atom stereocenters. The number of esters is 1. The van der Waals surface area contributed by atoms with Crippen LogP contribution >= 0.6 is 0 Å². The van der Waals surface area contributed by atoms with E-state index in [9.17, 15) is 23.1 Å². The number of nitrogens with zero attached hydrogens (tertiary/aromatic N) is 3. The molecule has 0 aliphatic heterocycles. The summed E-state index contributed by atoms with van der Waals surface area (Å²) in [5.74, 6) is -1.96. The molecule has 0 aliphatic carbocycles. The van der Waals surface area contributed by atoms with E-state index in [1.807, 2.05) is 0 Å². The molecule has 0 radical (unpaired) electrons. The highest BCUT2D eigenvalue weighted by atomic mass is 32.2. The number of rotatable bonds is 5. The van der Waals surface area contributed by atoms with E-state index in [0.717, 1.165) is 16.0 Å². The van der Waals surface area contributed by atoms with Gasteiger partial charge in [0.1, 0.15) is 5.52 Å². The number of aromatic nitrogens is 2. The van der Waals surface area contributed by atoms with Crippen LogP contribution in [0.15, 0.2) is 23.1 Å². The molecule has 0 aromatic carbocycles. The van der Waals surface area contributed by atoms with Crippen molar-refractivity contribution in [2.24, 2.45) is 0 Å². The van der Waals surface area contributed by atoms with Gasteiger partial charge in [-0.15, -0.1) is 0 Å². The summed E-state index contributed by atoms with van der Waals surface area (Å²) in [6.07, 6.45) is 1.38. The van der Waals surface area contributed by atoms with Gasteiger partial charge >= 0.3 is 5.97 Å². The van der Waals surface area contributed by atoms with Gasteiger partial charge in [0.25, 0.3) is 5.56 Å². The minimum atomic E-state index is -3.56. The predicted molar refractivity (Wildman–Crippen MR) is 86.5 cm³/mol. The molecule has 2 rings (SSSR count). The molecule has 1 N–H and O–H groups in total. The van der Waals surface area contributed by atoms with E-state index in [2.05, 4.69) is 9.72 Å². The van der Waals surface area contributed by atoms with Crippen LogP contribution in [0.25, 0.3) is 11.0 Å². The Bertz CT molecular complexity index is 949. The Morgan fingerprint density at radius 1 is 1.42 bits per heavy atom. The molecule has 0 aliphatic rings. The molecular weight excluding hydrogens is 338 g/mol. The van der Waals surface area contributed by atoms with Crippen molar-refractivity contribution >= 4 is 27.0 Å². The molecule has 10 heteroatoms. The van der Waals surface area contributed by atoms with Gasteiger partial charge in [-0.3, -0.25) is 9.78 Å². The molecule has 2 aromatic heterocycles. The monoisotopic (exact) mass is 355 g/mol. The maximum atomic E-state index is 12.6. The summed E-state index contributed by atoms with van der Waals surface area (Å²) in [6.45, 7) is -0.203. The summed E-state index contributed by atoms with van der Waals surface area (Å²) in [7, 11) is 0.285. The number of pyridine rings is 2. The first kappa shape index (κ1) is 17.9. The van der Waals surface area contributed by atoms with Gasteiger partial charge < -0.3 is 14.4 Å². The van der Waals surface area contributed by atoms with Crippen LogP contribution in [0.4, 0.5) is 0 Å². The molecule has 24 heavy (non-hydrogen) atoms. The molecule has 0 amide bonds. The number of hydrogen-bond donors (Lipinski definition) is 1. The van der Waals surface area contributed by atoms with Crippen LogP contribution in [0.3, 0.4) is 0 Å². The Morgan fingerprint density at radius 3 is 2.67 bits per heavy atom. The zero-order chi connectivity index (χ0) is 18.1. The van der Waals surface area contributed by atoms with E-state index >= 15 is 0 Å². The first-order valence-corrected chi connectivity index (χ1v) is 8.50. The van der Waals surface area contributed by atoms with Crippen molar-refractivity contribution in [1.29, 1.82) is 0 Å². The summed E-state index contributed by atoms with van der Waals surface area (Å²) >= 11 is 0. The second kappa shape index (κ2) is 6.57. The average Bonchev–Trinajstić information content (AvgIpc) is 2.54. The third-order valence-electron chi connectivity index (χ3n) is 3.52. The summed E-state index contributed by atoms with van der Waals surface area (Å²) < 4.78 is 30.5. The fourth-order valence-corrected chi connectivity index (χ4v) is 2.94. The number of hydrogen-bond acceptors (Lipinski definition) is 7. The molecule has 2 aromatic rings. The van der Waals surface area contributed by atoms with Crippen molar-refractivity contribution in [1.82, 2.24) is 13.9 Å². The van der Waals surface area contributed by atoms with Crippen LogP contribution < -0.4 is 5.56 Å². The predicted octanol–water partition coefficient (Wildman–Crippen LogP) is -0.220. The first-order valence-electron chi connectivity index (χ1n) is 6.89. The number of fused-ring (bicyclic) bond motifs is 1. The van der Waals surface area contributed by atoms with Gasteiger partial charge in [0, 0.05) is 26.8 Å². The maximum absolute atomic E-state index is 12.6. The Kier molecular flexibility index (Phi) is 4.90. The highest BCUT2D eigenvalue weighted by Crippen LogP contribution is 2.24. The third kappa shape index (κ3) is 3.10. The number of aryl methyl sites for hydroxylation is 1. The Hall–Kier alpha value is -2.46.